The van der Waals surface area contributed by atoms with Crippen molar-refractivity contribution in [3.63, 3.8) is 0 Å². The van der Waals surface area contributed by atoms with Crippen LogP contribution < -0.4 is 10.5 Å². The van der Waals surface area contributed by atoms with Gasteiger partial charge in [-0.3, -0.25) is 0 Å². The van der Waals surface area contributed by atoms with Crippen molar-refractivity contribution < 1.29 is 4.74 Å². The predicted octanol–water partition coefficient (Wildman–Crippen LogP) is 2.22. The van der Waals surface area contributed by atoms with Gasteiger partial charge in [0.25, 0.3) is 0 Å². The Morgan fingerprint density at radius 1 is 1.50 bits per heavy atom. The molecule has 3 heteroatoms. The number of aryl methyl sites for hydroxylation is 1. The van der Waals surface area contributed by atoms with E-state index in [1.807, 2.05) is 19.1 Å². The Hall–Kier alpha value is -0.540. The second-order valence-corrected chi connectivity index (χ2v) is 3.37. The van der Waals surface area contributed by atoms with Crippen LogP contribution in [0.4, 0.5) is 0 Å². The van der Waals surface area contributed by atoms with Crippen LogP contribution in [-0.4, -0.2) is 7.11 Å². The highest BCUT2D eigenvalue weighted by Gasteiger charge is 2.07. The molecule has 0 aromatic heterocycles. The number of benzene rings is 1. The fourth-order valence-electron chi connectivity index (χ4n) is 1.10. The minimum absolute atomic E-state index is 0.492. The van der Waals surface area contributed by atoms with E-state index in [0.29, 0.717) is 6.54 Å². The minimum Gasteiger partial charge on any atom is -0.496 e. The number of nitrogens with two attached hydrogens (primary N) is 1. The fraction of sp³-hybridized carbons (Fsp3) is 0.333. The lowest BCUT2D eigenvalue weighted by molar-refractivity contribution is 0.409. The Labute approximate surface area is 80.8 Å². The Morgan fingerprint density at radius 2 is 2.17 bits per heavy atom. The van der Waals surface area contributed by atoms with Crippen LogP contribution in [0.5, 0.6) is 5.75 Å². The molecule has 0 radical (unpaired) electrons. The van der Waals surface area contributed by atoms with Gasteiger partial charge in [0.15, 0.2) is 0 Å². The predicted molar refractivity (Wildman–Crippen MR) is 53.3 cm³/mol. The van der Waals surface area contributed by atoms with E-state index < -0.39 is 0 Å². The molecule has 0 bridgehead atoms. The molecule has 0 heterocycles. The maximum Gasteiger partial charge on any atom is 0.124 e. The molecule has 1 aromatic carbocycles. The van der Waals surface area contributed by atoms with Gasteiger partial charge in [0.1, 0.15) is 5.75 Å². The topological polar surface area (TPSA) is 35.2 Å². The normalized spacial score (nSPS) is 10.0. The first-order valence-corrected chi connectivity index (χ1v) is 4.52. The van der Waals surface area contributed by atoms with E-state index in [4.69, 9.17) is 10.5 Å². The number of rotatable bonds is 2. The lowest BCUT2D eigenvalue weighted by atomic mass is 10.1. The molecule has 0 aliphatic heterocycles. The number of methoxy groups -OCH3 is 1. The van der Waals surface area contributed by atoms with Gasteiger partial charge >= 0.3 is 0 Å². The number of hydrogen-bond acceptors (Lipinski definition) is 2. The van der Waals surface area contributed by atoms with Gasteiger partial charge in [0.05, 0.1) is 7.11 Å². The van der Waals surface area contributed by atoms with Crippen molar-refractivity contribution in [2.45, 2.75) is 13.5 Å². The Bertz CT molecular complexity index is 286. The summed E-state index contributed by atoms with van der Waals surface area (Å²) < 4.78 is 6.21. The van der Waals surface area contributed by atoms with E-state index in [2.05, 4.69) is 15.9 Å². The quantitative estimate of drug-likeness (QED) is 0.845. The largest absolute Gasteiger partial charge is 0.496 e. The molecule has 1 aromatic rings. The second-order valence-electron chi connectivity index (χ2n) is 2.58. The van der Waals surface area contributed by atoms with Crippen molar-refractivity contribution in [2.24, 2.45) is 5.73 Å². The van der Waals surface area contributed by atoms with Gasteiger partial charge in [-0.1, -0.05) is 22.0 Å². The molecular formula is C9H12BrNO. The van der Waals surface area contributed by atoms with Crippen molar-refractivity contribution in [1.29, 1.82) is 0 Å². The Kier molecular flexibility index (Phi) is 3.12. The van der Waals surface area contributed by atoms with Crippen LogP contribution in [0.3, 0.4) is 0 Å². The van der Waals surface area contributed by atoms with E-state index >= 15 is 0 Å². The van der Waals surface area contributed by atoms with E-state index in [0.717, 1.165) is 15.8 Å². The maximum absolute atomic E-state index is 5.59. The number of hydrogen-bond donors (Lipinski definition) is 1. The molecule has 0 unspecified atom stereocenters. The monoisotopic (exact) mass is 229 g/mol. The number of halogens is 1. The molecule has 2 nitrogen and oxygen atoms in total. The SMILES string of the molecule is COc1ccc(C)c(Br)c1CN. The van der Waals surface area contributed by atoms with Crippen molar-refractivity contribution in [1.82, 2.24) is 0 Å². The first-order chi connectivity index (χ1) is 5.70. The van der Waals surface area contributed by atoms with E-state index in [-0.39, 0.29) is 0 Å². The van der Waals surface area contributed by atoms with Crippen LogP contribution in [0, 0.1) is 6.92 Å². The lowest BCUT2D eigenvalue weighted by Crippen LogP contribution is -2.01. The van der Waals surface area contributed by atoms with Crippen LogP contribution in [-0.2, 0) is 6.54 Å². The first-order valence-electron chi connectivity index (χ1n) is 3.72. The van der Waals surface area contributed by atoms with Crippen molar-refractivity contribution in [3.8, 4) is 5.75 Å². The first kappa shape index (κ1) is 9.55. The average Bonchev–Trinajstić information content (AvgIpc) is 2.09. The second kappa shape index (κ2) is 3.92. The minimum atomic E-state index is 0.492. The van der Waals surface area contributed by atoms with Gasteiger partial charge in [0.2, 0.25) is 0 Å². The maximum atomic E-state index is 5.59. The van der Waals surface area contributed by atoms with Crippen molar-refractivity contribution >= 4 is 15.9 Å². The summed E-state index contributed by atoms with van der Waals surface area (Å²) in [5.74, 6) is 0.843. The highest BCUT2D eigenvalue weighted by Crippen LogP contribution is 2.29. The summed E-state index contributed by atoms with van der Waals surface area (Å²) in [5.41, 5.74) is 7.79. The van der Waals surface area contributed by atoms with E-state index in [1.165, 1.54) is 5.56 Å². The van der Waals surface area contributed by atoms with E-state index in [9.17, 15) is 0 Å². The molecule has 0 amide bonds. The molecule has 0 saturated carbocycles. The van der Waals surface area contributed by atoms with Crippen molar-refractivity contribution in [3.05, 3.63) is 27.7 Å². The van der Waals surface area contributed by atoms with Crippen LogP contribution in [0.2, 0.25) is 0 Å². The summed E-state index contributed by atoms with van der Waals surface area (Å²) in [4.78, 5) is 0. The molecular weight excluding hydrogens is 218 g/mol. The smallest absolute Gasteiger partial charge is 0.124 e. The third-order valence-electron chi connectivity index (χ3n) is 1.82. The zero-order valence-corrected chi connectivity index (χ0v) is 8.81. The lowest BCUT2D eigenvalue weighted by Gasteiger charge is -2.10. The molecule has 12 heavy (non-hydrogen) atoms. The molecule has 0 fully saturated rings. The summed E-state index contributed by atoms with van der Waals surface area (Å²) in [6.07, 6.45) is 0. The van der Waals surface area contributed by atoms with Crippen LogP contribution >= 0.6 is 15.9 Å². The summed E-state index contributed by atoms with van der Waals surface area (Å²) in [6.45, 7) is 2.52. The van der Waals surface area contributed by atoms with E-state index in [1.54, 1.807) is 7.11 Å². The average molecular weight is 230 g/mol. The molecule has 0 aliphatic carbocycles. The third kappa shape index (κ3) is 1.62. The van der Waals surface area contributed by atoms with Gasteiger partial charge in [-0.2, -0.15) is 0 Å². The van der Waals surface area contributed by atoms with Crippen LogP contribution in [0.25, 0.3) is 0 Å². The van der Waals surface area contributed by atoms with Crippen LogP contribution in [0.1, 0.15) is 11.1 Å². The van der Waals surface area contributed by atoms with Gasteiger partial charge in [0, 0.05) is 16.6 Å². The summed E-state index contributed by atoms with van der Waals surface area (Å²) in [6, 6.07) is 3.93. The Morgan fingerprint density at radius 3 is 2.67 bits per heavy atom. The van der Waals surface area contributed by atoms with Gasteiger partial charge < -0.3 is 10.5 Å². The fourth-order valence-corrected chi connectivity index (χ4v) is 1.59. The molecule has 0 aliphatic rings. The molecule has 0 spiro atoms. The van der Waals surface area contributed by atoms with Gasteiger partial charge in [-0.15, -0.1) is 0 Å². The zero-order valence-electron chi connectivity index (χ0n) is 7.23. The summed E-state index contributed by atoms with van der Waals surface area (Å²) in [5, 5.41) is 0. The summed E-state index contributed by atoms with van der Waals surface area (Å²) >= 11 is 3.47. The third-order valence-corrected chi connectivity index (χ3v) is 2.92. The van der Waals surface area contributed by atoms with Crippen LogP contribution in [0.15, 0.2) is 16.6 Å². The summed E-state index contributed by atoms with van der Waals surface area (Å²) in [7, 11) is 1.65. The number of ether oxygens (including phenoxy) is 1. The Balaban J connectivity index is 3.25. The molecule has 0 atom stereocenters. The van der Waals surface area contributed by atoms with Gasteiger partial charge in [-0.25, -0.2) is 0 Å². The zero-order chi connectivity index (χ0) is 9.14. The standard InChI is InChI=1S/C9H12BrNO/c1-6-3-4-8(12-2)7(5-11)9(6)10/h3-4H,5,11H2,1-2H3. The molecule has 0 saturated heterocycles. The highest BCUT2D eigenvalue weighted by molar-refractivity contribution is 9.10. The molecule has 2 N–H and O–H groups in total. The van der Waals surface area contributed by atoms with Gasteiger partial charge in [-0.05, 0) is 18.6 Å². The molecule has 1 rings (SSSR count). The highest BCUT2D eigenvalue weighted by atomic mass is 79.9. The molecule has 66 valence electrons. The van der Waals surface area contributed by atoms with Crippen molar-refractivity contribution in [2.75, 3.05) is 7.11 Å².